The number of fused-ring (bicyclic) bond motifs is 1. The summed E-state index contributed by atoms with van der Waals surface area (Å²) in [5, 5.41) is 15.8. The van der Waals surface area contributed by atoms with Crippen LogP contribution >= 0.6 is 0 Å². The third-order valence-corrected chi connectivity index (χ3v) is 4.63. The maximum Gasteiger partial charge on any atom is 0.356 e. The quantitative estimate of drug-likeness (QED) is 0.537. The molecule has 1 unspecified atom stereocenters. The first-order valence-corrected chi connectivity index (χ1v) is 8.96. The summed E-state index contributed by atoms with van der Waals surface area (Å²) in [6, 6.07) is 14.5. The molecular weight excluding hydrogens is 373 g/mol. The van der Waals surface area contributed by atoms with Crippen LogP contribution in [0.5, 0.6) is 0 Å². The molecule has 1 N–H and O–H groups in total. The minimum absolute atomic E-state index is 0.0867. The summed E-state index contributed by atoms with van der Waals surface area (Å²) in [6.07, 6.45) is 0.644. The van der Waals surface area contributed by atoms with Crippen molar-refractivity contribution in [2.75, 3.05) is 7.11 Å². The molecule has 6 nitrogen and oxygen atoms in total. The number of carbonyl (C=O) groups excluding carboxylic acids is 1. The van der Waals surface area contributed by atoms with E-state index in [1.165, 1.54) is 25.3 Å². The maximum atomic E-state index is 13.8. The zero-order valence-electron chi connectivity index (χ0n) is 15.8. The van der Waals surface area contributed by atoms with Crippen LogP contribution in [-0.2, 0) is 4.74 Å². The molecule has 0 aliphatic carbocycles. The lowest BCUT2D eigenvalue weighted by atomic mass is 9.99. The van der Waals surface area contributed by atoms with Gasteiger partial charge in [0.25, 0.3) is 0 Å². The third kappa shape index (κ3) is 3.48. The van der Waals surface area contributed by atoms with Gasteiger partial charge in [0.1, 0.15) is 17.6 Å². The van der Waals surface area contributed by atoms with Gasteiger partial charge in [0, 0.05) is 17.3 Å². The first-order valence-electron chi connectivity index (χ1n) is 8.96. The predicted octanol–water partition coefficient (Wildman–Crippen LogP) is 3.71. The highest BCUT2D eigenvalue weighted by atomic mass is 19.1. The SMILES string of the molecule is COC(=O)c1cccc(C(O)c2c(-c3cccc(F)c3)nn3cc(C)ccc23)n1. The van der Waals surface area contributed by atoms with E-state index in [1.807, 2.05) is 25.3 Å². The van der Waals surface area contributed by atoms with Crippen LogP contribution in [0.2, 0.25) is 0 Å². The number of aromatic nitrogens is 3. The van der Waals surface area contributed by atoms with E-state index in [0.717, 1.165) is 5.56 Å². The Kier molecular flexibility index (Phi) is 4.82. The molecule has 0 spiro atoms. The molecule has 1 aromatic carbocycles. The molecule has 4 rings (SSSR count). The van der Waals surface area contributed by atoms with Crippen LogP contribution in [0.3, 0.4) is 0 Å². The molecule has 0 saturated heterocycles. The number of pyridine rings is 2. The number of hydrogen-bond acceptors (Lipinski definition) is 5. The fourth-order valence-electron chi connectivity index (χ4n) is 3.26. The third-order valence-electron chi connectivity index (χ3n) is 4.63. The minimum Gasteiger partial charge on any atom is -0.464 e. The second-order valence-electron chi connectivity index (χ2n) is 6.65. The molecule has 0 bridgehead atoms. The van der Waals surface area contributed by atoms with Gasteiger partial charge in [-0.3, -0.25) is 0 Å². The normalized spacial score (nSPS) is 12.1. The van der Waals surface area contributed by atoms with Gasteiger partial charge in [-0.15, -0.1) is 0 Å². The summed E-state index contributed by atoms with van der Waals surface area (Å²) in [4.78, 5) is 16.1. The summed E-state index contributed by atoms with van der Waals surface area (Å²) >= 11 is 0. The zero-order chi connectivity index (χ0) is 20.5. The summed E-state index contributed by atoms with van der Waals surface area (Å²) in [7, 11) is 1.27. The Bertz CT molecular complexity index is 1220. The molecule has 4 aromatic rings. The number of aliphatic hydroxyl groups excluding tert-OH is 1. The molecule has 7 heteroatoms. The van der Waals surface area contributed by atoms with Gasteiger partial charge in [-0.1, -0.05) is 24.3 Å². The first-order chi connectivity index (χ1) is 14.0. The zero-order valence-corrected chi connectivity index (χ0v) is 15.8. The van der Waals surface area contributed by atoms with Crippen molar-refractivity contribution in [2.45, 2.75) is 13.0 Å². The van der Waals surface area contributed by atoms with Crippen molar-refractivity contribution in [3.05, 3.63) is 89.1 Å². The van der Waals surface area contributed by atoms with Crippen molar-refractivity contribution in [3.8, 4) is 11.3 Å². The number of benzene rings is 1. The number of halogens is 1. The second kappa shape index (κ2) is 7.44. The van der Waals surface area contributed by atoms with E-state index in [0.29, 0.717) is 22.3 Å². The number of methoxy groups -OCH3 is 1. The summed E-state index contributed by atoms with van der Waals surface area (Å²) in [5.74, 6) is -0.998. The molecule has 0 radical (unpaired) electrons. The van der Waals surface area contributed by atoms with Gasteiger partial charge in [-0.05, 0) is 42.8 Å². The Balaban J connectivity index is 1.92. The summed E-state index contributed by atoms with van der Waals surface area (Å²) < 4.78 is 20.2. The topological polar surface area (TPSA) is 76.7 Å². The van der Waals surface area contributed by atoms with Gasteiger partial charge in [0.05, 0.1) is 24.0 Å². The summed E-state index contributed by atoms with van der Waals surface area (Å²) in [6.45, 7) is 1.93. The molecule has 29 heavy (non-hydrogen) atoms. The van der Waals surface area contributed by atoms with Crippen LogP contribution in [-0.4, -0.2) is 32.8 Å². The van der Waals surface area contributed by atoms with E-state index in [4.69, 9.17) is 4.74 Å². The minimum atomic E-state index is -1.18. The van der Waals surface area contributed by atoms with Crippen molar-refractivity contribution in [1.29, 1.82) is 0 Å². The largest absolute Gasteiger partial charge is 0.464 e. The monoisotopic (exact) mass is 391 g/mol. The number of nitrogens with zero attached hydrogens (tertiary/aromatic N) is 3. The molecule has 0 saturated carbocycles. The molecule has 0 amide bonds. The lowest BCUT2D eigenvalue weighted by Crippen LogP contribution is -2.09. The maximum absolute atomic E-state index is 13.8. The Morgan fingerprint density at radius 1 is 1.17 bits per heavy atom. The number of hydrogen-bond donors (Lipinski definition) is 1. The number of carbonyl (C=O) groups is 1. The molecule has 1 atom stereocenters. The van der Waals surface area contributed by atoms with Crippen LogP contribution in [0.1, 0.15) is 33.4 Å². The Morgan fingerprint density at radius 3 is 2.72 bits per heavy atom. The van der Waals surface area contributed by atoms with Crippen molar-refractivity contribution < 1.29 is 19.0 Å². The van der Waals surface area contributed by atoms with Gasteiger partial charge < -0.3 is 9.84 Å². The standard InChI is InChI=1S/C22H18FN3O3/c1-13-9-10-18-19(21(27)16-7-4-8-17(24-16)22(28)29-2)20(25-26(18)12-13)14-5-3-6-15(23)11-14/h3-12,21,27H,1-2H3. The van der Waals surface area contributed by atoms with Crippen LogP contribution in [0, 0.1) is 12.7 Å². The van der Waals surface area contributed by atoms with E-state index >= 15 is 0 Å². The van der Waals surface area contributed by atoms with Crippen LogP contribution in [0.15, 0.2) is 60.8 Å². The van der Waals surface area contributed by atoms with Crippen molar-refractivity contribution in [2.24, 2.45) is 0 Å². The second-order valence-corrected chi connectivity index (χ2v) is 6.65. The Labute approximate surface area is 166 Å². The Morgan fingerprint density at radius 2 is 1.97 bits per heavy atom. The Hall–Kier alpha value is -3.58. The average molecular weight is 391 g/mol. The van der Waals surface area contributed by atoms with Gasteiger partial charge in [0.15, 0.2) is 0 Å². The number of aryl methyl sites for hydroxylation is 1. The van der Waals surface area contributed by atoms with E-state index < -0.39 is 17.9 Å². The number of esters is 1. The number of ether oxygens (including phenoxy) is 1. The van der Waals surface area contributed by atoms with Gasteiger partial charge in [-0.2, -0.15) is 5.10 Å². The van der Waals surface area contributed by atoms with Crippen LogP contribution < -0.4 is 0 Å². The molecule has 3 heterocycles. The molecular formula is C22H18FN3O3. The molecule has 0 aliphatic heterocycles. The van der Waals surface area contributed by atoms with E-state index in [-0.39, 0.29) is 11.4 Å². The average Bonchev–Trinajstić information content (AvgIpc) is 3.11. The number of aliphatic hydroxyl groups is 1. The molecule has 146 valence electrons. The fourth-order valence-corrected chi connectivity index (χ4v) is 3.26. The van der Waals surface area contributed by atoms with Crippen molar-refractivity contribution in [1.82, 2.24) is 14.6 Å². The van der Waals surface area contributed by atoms with E-state index in [2.05, 4.69) is 10.1 Å². The highest BCUT2D eigenvalue weighted by molar-refractivity contribution is 5.87. The van der Waals surface area contributed by atoms with Gasteiger partial charge >= 0.3 is 5.97 Å². The first kappa shape index (κ1) is 18.8. The van der Waals surface area contributed by atoms with Crippen molar-refractivity contribution in [3.63, 3.8) is 0 Å². The highest BCUT2D eigenvalue weighted by Gasteiger charge is 2.24. The van der Waals surface area contributed by atoms with E-state index in [1.54, 1.807) is 28.8 Å². The highest BCUT2D eigenvalue weighted by Crippen LogP contribution is 2.34. The van der Waals surface area contributed by atoms with Crippen LogP contribution in [0.4, 0.5) is 4.39 Å². The molecule has 0 fully saturated rings. The fraction of sp³-hybridized carbons (Fsp3) is 0.136. The lowest BCUT2D eigenvalue weighted by Gasteiger charge is -2.12. The van der Waals surface area contributed by atoms with Gasteiger partial charge in [0.2, 0.25) is 0 Å². The molecule has 3 aromatic heterocycles. The van der Waals surface area contributed by atoms with Crippen LogP contribution in [0.25, 0.3) is 16.8 Å². The van der Waals surface area contributed by atoms with Crippen molar-refractivity contribution >= 4 is 11.5 Å². The van der Waals surface area contributed by atoms with Gasteiger partial charge in [-0.25, -0.2) is 18.7 Å². The molecule has 0 aliphatic rings. The smallest absolute Gasteiger partial charge is 0.356 e. The number of rotatable bonds is 4. The van der Waals surface area contributed by atoms with E-state index in [9.17, 15) is 14.3 Å². The summed E-state index contributed by atoms with van der Waals surface area (Å²) in [5.41, 5.74) is 3.44. The predicted molar refractivity (Wildman–Crippen MR) is 105 cm³/mol. The lowest BCUT2D eigenvalue weighted by molar-refractivity contribution is 0.0593.